The zero-order valence-electron chi connectivity index (χ0n) is 13.9. The molecule has 0 spiro atoms. The van der Waals surface area contributed by atoms with Gasteiger partial charge in [-0.25, -0.2) is 9.97 Å². The molecule has 2 N–H and O–H groups in total. The third kappa shape index (κ3) is 3.92. The molecule has 0 bridgehead atoms. The van der Waals surface area contributed by atoms with Gasteiger partial charge in [0.15, 0.2) is 0 Å². The quantitative estimate of drug-likeness (QED) is 0.611. The molecule has 0 saturated carbocycles. The van der Waals surface area contributed by atoms with E-state index in [9.17, 15) is 0 Å². The van der Waals surface area contributed by atoms with Crippen LogP contribution in [0.25, 0.3) is 0 Å². The van der Waals surface area contributed by atoms with Crippen molar-refractivity contribution in [3.63, 3.8) is 0 Å². The van der Waals surface area contributed by atoms with Gasteiger partial charge in [0.25, 0.3) is 0 Å². The van der Waals surface area contributed by atoms with E-state index in [0.717, 1.165) is 27.5 Å². The Morgan fingerprint density at radius 2 is 1.29 bits per heavy atom. The lowest BCUT2D eigenvalue weighted by atomic mass is 10.1. The van der Waals surface area contributed by atoms with Crippen LogP contribution in [0.1, 0.15) is 16.7 Å². The third-order valence-electron chi connectivity index (χ3n) is 3.88. The Labute approximate surface area is 150 Å². The molecule has 1 aromatic heterocycles. The monoisotopic (exact) mass is 382 g/mol. The van der Waals surface area contributed by atoms with Crippen LogP contribution in [0.3, 0.4) is 0 Å². The van der Waals surface area contributed by atoms with Gasteiger partial charge < -0.3 is 10.6 Å². The molecule has 1 heterocycles. The van der Waals surface area contributed by atoms with Crippen molar-refractivity contribution in [2.45, 2.75) is 20.8 Å². The fourth-order valence-corrected chi connectivity index (χ4v) is 2.58. The van der Waals surface area contributed by atoms with Gasteiger partial charge in [-0.1, -0.05) is 22.0 Å². The van der Waals surface area contributed by atoms with Gasteiger partial charge in [-0.15, -0.1) is 0 Å². The molecule has 3 rings (SSSR count). The number of benzene rings is 2. The van der Waals surface area contributed by atoms with E-state index in [-0.39, 0.29) is 0 Å². The van der Waals surface area contributed by atoms with Gasteiger partial charge in [-0.05, 0) is 67.8 Å². The molecule has 0 aliphatic carbocycles. The summed E-state index contributed by atoms with van der Waals surface area (Å²) in [6.45, 7) is 6.26. The van der Waals surface area contributed by atoms with E-state index >= 15 is 0 Å². The molecular weight excluding hydrogens is 364 g/mol. The molecule has 0 atom stereocenters. The van der Waals surface area contributed by atoms with Crippen LogP contribution >= 0.6 is 15.9 Å². The summed E-state index contributed by atoms with van der Waals surface area (Å²) in [6, 6.07) is 14.3. The molecular formula is C19H19BrN4. The predicted octanol–water partition coefficient (Wildman–Crippen LogP) is 5.65. The van der Waals surface area contributed by atoms with Crippen molar-refractivity contribution in [1.82, 2.24) is 9.97 Å². The maximum absolute atomic E-state index is 4.29. The van der Waals surface area contributed by atoms with Gasteiger partial charge in [-0.3, -0.25) is 0 Å². The van der Waals surface area contributed by atoms with Gasteiger partial charge >= 0.3 is 0 Å². The summed E-state index contributed by atoms with van der Waals surface area (Å²) in [7, 11) is 0. The minimum atomic E-state index is 0.748. The number of halogens is 1. The van der Waals surface area contributed by atoms with Crippen molar-refractivity contribution in [3.05, 3.63) is 70.0 Å². The maximum Gasteiger partial charge on any atom is 0.135 e. The number of anilines is 4. The Morgan fingerprint density at radius 3 is 1.88 bits per heavy atom. The second kappa shape index (κ2) is 7.01. The zero-order valence-corrected chi connectivity index (χ0v) is 15.5. The van der Waals surface area contributed by atoms with Gasteiger partial charge in [0.05, 0.1) is 0 Å². The third-order valence-corrected chi connectivity index (χ3v) is 4.77. The maximum atomic E-state index is 4.29. The molecule has 3 aromatic rings. The van der Waals surface area contributed by atoms with Gasteiger partial charge in [0, 0.05) is 21.9 Å². The van der Waals surface area contributed by atoms with Crippen molar-refractivity contribution >= 4 is 38.9 Å². The lowest BCUT2D eigenvalue weighted by Gasteiger charge is -2.10. The Kier molecular flexibility index (Phi) is 4.81. The average Bonchev–Trinajstić information content (AvgIpc) is 2.55. The molecule has 0 aliphatic rings. The van der Waals surface area contributed by atoms with Crippen LogP contribution in [-0.4, -0.2) is 9.97 Å². The minimum absolute atomic E-state index is 0.748. The molecule has 5 heteroatoms. The highest BCUT2D eigenvalue weighted by Crippen LogP contribution is 2.24. The van der Waals surface area contributed by atoms with Gasteiger partial charge in [-0.2, -0.15) is 0 Å². The molecule has 0 aliphatic heterocycles. The Hall–Kier alpha value is -2.40. The number of hydrogen-bond acceptors (Lipinski definition) is 4. The lowest BCUT2D eigenvalue weighted by molar-refractivity contribution is 1.16. The average molecular weight is 383 g/mol. The molecule has 122 valence electrons. The summed E-state index contributed by atoms with van der Waals surface area (Å²) < 4.78 is 1.09. The fraction of sp³-hybridized carbons (Fsp3) is 0.158. The standard InChI is InChI=1S/C19H19BrN4/c1-12-4-5-15(8-13(12)2)23-18-10-19(22-11-21-18)24-16-6-7-17(20)14(3)9-16/h4-11H,1-3H3,(H2,21,22,23,24). The summed E-state index contributed by atoms with van der Waals surface area (Å²) in [4.78, 5) is 8.58. The van der Waals surface area contributed by atoms with Crippen LogP contribution in [0.5, 0.6) is 0 Å². The first-order valence-electron chi connectivity index (χ1n) is 7.71. The molecule has 0 amide bonds. The number of rotatable bonds is 4. The summed E-state index contributed by atoms with van der Waals surface area (Å²) in [6.07, 6.45) is 1.55. The highest BCUT2D eigenvalue weighted by molar-refractivity contribution is 9.10. The smallest absolute Gasteiger partial charge is 0.135 e. The molecule has 0 radical (unpaired) electrons. The number of hydrogen-bond donors (Lipinski definition) is 2. The summed E-state index contributed by atoms with van der Waals surface area (Å²) >= 11 is 3.51. The number of aryl methyl sites for hydroxylation is 3. The van der Waals surface area contributed by atoms with Crippen LogP contribution in [0.2, 0.25) is 0 Å². The summed E-state index contributed by atoms with van der Waals surface area (Å²) in [5.41, 5.74) is 5.70. The molecule has 2 aromatic carbocycles. The molecule has 4 nitrogen and oxygen atoms in total. The SMILES string of the molecule is Cc1ccc(Nc2cc(Nc3ccc(Br)c(C)c3)ncn2)cc1C. The molecule has 0 unspecified atom stereocenters. The Morgan fingerprint density at radius 1 is 0.708 bits per heavy atom. The van der Waals surface area contributed by atoms with Crippen LogP contribution in [0.4, 0.5) is 23.0 Å². The Balaban J connectivity index is 1.78. The van der Waals surface area contributed by atoms with Crippen molar-refractivity contribution in [1.29, 1.82) is 0 Å². The summed E-state index contributed by atoms with van der Waals surface area (Å²) in [5, 5.41) is 6.63. The highest BCUT2D eigenvalue weighted by Gasteiger charge is 2.03. The van der Waals surface area contributed by atoms with E-state index in [1.807, 2.05) is 18.2 Å². The predicted molar refractivity (Wildman–Crippen MR) is 103 cm³/mol. The van der Waals surface area contributed by atoms with E-state index < -0.39 is 0 Å². The van der Waals surface area contributed by atoms with Crippen molar-refractivity contribution in [2.75, 3.05) is 10.6 Å². The van der Waals surface area contributed by atoms with Crippen LogP contribution in [-0.2, 0) is 0 Å². The fourth-order valence-electron chi connectivity index (χ4n) is 2.33. The van der Waals surface area contributed by atoms with Crippen LogP contribution < -0.4 is 10.6 Å². The van der Waals surface area contributed by atoms with E-state index in [1.54, 1.807) is 6.33 Å². The first-order valence-corrected chi connectivity index (χ1v) is 8.50. The van der Waals surface area contributed by atoms with E-state index in [2.05, 4.69) is 81.6 Å². The highest BCUT2D eigenvalue weighted by atomic mass is 79.9. The number of aromatic nitrogens is 2. The van der Waals surface area contributed by atoms with Crippen molar-refractivity contribution < 1.29 is 0 Å². The first kappa shape index (κ1) is 16.5. The van der Waals surface area contributed by atoms with Gasteiger partial charge in [0.1, 0.15) is 18.0 Å². The number of nitrogens with one attached hydrogen (secondary N) is 2. The van der Waals surface area contributed by atoms with E-state index in [4.69, 9.17) is 0 Å². The second-order valence-electron chi connectivity index (χ2n) is 5.80. The molecule has 0 fully saturated rings. The second-order valence-corrected chi connectivity index (χ2v) is 6.66. The largest absolute Gasteiger partial charge is 0.340 e. The lowest BCUT2D eigenvalue weighted by Crippen LogP contribution is -1.99. The molecule has 0 saturated heterocycles. The summed E-state index contributed by atoms with van der Waals surface area (Å²) in [5.74, 6) is 1.50. The number of nitrogens with zero attached hydrogens (tertiary/aromatic N) is 2. The Bertz CT molecular complexity index is 808. The van der Waals surface area contributed by atoms with E-state index in [0.29, 0.717) is 0 Å². The minimum Gasteiger partial charge on any atom is -0.340 e. The molecule has 24 heavy (non-hydrogen) atoms. The van der Waals surface area contributed by atoms with Crippen LogP contribution in [0, 0.1) is 20.8 Å². The van der Waals surface area contributed by atoms with Crippen molar-refractivity contribution in [3.8, 4) is 0 Å². The zero-order chi connectivity index (χ0) is 17.1. The van der Waals surface area contributed by atoms with E-state index in [1.165, 1.54) is 16.7 Å². The van der Waals surface area contributed by atoms with Gasteiger partial charge in [0.2, 0.25) is 0 Å². The first-order chi connectivity index (χ1) is 11.5. The topological polar surface area (TPSA) is 49.8 Å². The van der Waals surface area contributed by atoms with Crippen molar-refractivity contribution in [2.24, 2.45) is 0 Å². The van der Waals surface area contributed by atoms with Crippen LogP contribution in [0.15, 0.2) is 53.3 Å². The normalized spacial score (nSPS) is 10.5.